The van der Waals surface area contributed by atoms with E-state index >= 15 is 0 Å². The zero-order valence-electron chi connectivity index (χ0n) is 9.57. The number of amides is 1. The zero-order chi connectivity index (χ0) is 11.4. The van der Waals surface area contributed by atoms with Crippen LogP contribution in [0.2, 0.25) is 0 Å². The van der Waals surface area contributed by atoms with Crippen LogP contribution in [0.1, 0.15) is 25.3 Å². The third kappa shape index (κ3) is 2.32. The molecule has 0 saturated carbocycles. The molecule has 0 spiro atoms. The molecule has 0 aliphatic carbocycles. The van der Waals surface area contributed by atoms with Gasteiger partial charge in [-0.05, 0) is 19.4 Å². The van der Waals surface area contributed by atoms with Crippen LogP contribution in [0.4, 0.5) is 5.82 Å². The number of rotatable bonds is 4. The fourth-order valence-corrected chi connectivity index (χ4v) is 1.97. The first-order valence-corrected chi connectivity index (χ1v) is 5.77. The molecule has 0 unspecified atom stereocenters. The molecule has 1 N–H and O–H groups in total. The maximum atomic E-state index is 11.5. The summed E-state index contributed by atoms with van der Waals surface area (Å²) in [7, 11) is 0. The summed E-state index contributed by atoms with van der Waals surface area (Å²) in [6.45, 7) is 4.44. The molecule has 1 aliphatic rings. The van der Waals surface area contributed by atoms with Crippen LogP contribution in [0.15, 0.2) is 18.3 Å². The lowest BCUT2D eigenvalue weighted by molar-refractivity contribution is -0.128. The Morgan fingerprint density at radius 2 is 2.44 bits per heavy atom. The highest BCUT2D eigenvalue weighted by molar-refractivity contribution is 5.78. The topological polar surface area (TPSA) is 45.2 Å². The number of carbonyl (C=O) groups excluding carboxylic acids is 1. The number of nitrogens with zero attached hydrogens (tertiary/aromatic N) is 2. The molecule has 1 aromatic heterocycles. The molecule has 1 amide bonds. The van der Waals surface area contributed by atoms with Crippen molar-refractivity contribution in [1.29, 1.82) is 0 Å². The van der Waals surface area contributed by atoms with Crippen LogP contribution in [0, 0.1) is 0 Å². The molecule has 1 aliphatic heterocycles. The molecule has 4 heteroatoms. The van der Waals surface area contributed by atoms with Gasteiger partial charge in [-0.2, -0.15) is 0 Å². The van der Waals surface area contributed by atoms with Gasteiger partial charge in [0.05, 0.1) is 0 Å². The van der Waals surface area contributed by atoms with Gasteiger partial charge in [0.1, 0.15) is 5.82 Å². The van der Waals surface area contributed by atoms with Crippen molar-refractivity contribution in [1.82, 2.24) is 9.88 Å². The molecule has 86 valence electrons. The average molecular weight is 219 g/mol. The molecule has 1 saturated heterocycles. The number of hydrogen-bond acceptors (Lipinski definition) is 3. The zero-order valence-corrected chi connectivity index (χ0v) is 9.57. The highest BCUT2D eigenvalue weighted by atomic mass is 16.2. The summed E-state index contributed by atoms with van der Waals surface area (Å²) in [6.07, 6.45) is 3.44. The summed E-state index contributed by atoms with van der Waals surface area (Å²) >= 11 is 0. The molecule has 0 atom stereocenters. The molecule has 2 heterocycles. The number of hydrogen-bond donors (Lipinski definition) is 1. The third-order valence-corrected chi connectivity index (χ3v) is 2.77. The van der Waals surface area contributed by atoms with Gasteiger partial charge < -0.3 is 10.2 Å². The molecule has 0 radical (unpaired) electrons. The summed E-state index contributed by atoms with van der Waals surface area (Å²) in [5.41, 5.74) is 1.10. The van der Waals surface area contributed by atoms with E-state index in [1.165, 1.54) is 0 Å². The molecule has 2 rings (SSSR count). The number of pyridine rings is 1. The maximum absolute atomic E-state index is 11.5. The smallest absolute Gasteiger partial charge is 0.222 e. The monoisotopic (exact) mass is 219 g/mol. The second-order valence-corrected chi connectivity index (χ2v) is 3.96. The maximum Gasteiger partial charge on any atom is 0.222 e. The summed E-state index contributed by atoms with van der Waals surface area (Å²) in [6, 6.07) is 3.94. The highest BCUT2D eigenvalue weighted by Gasteiger charge is 2.20. The largest absolute Gasteiger partial charge is 0.370 e. The molecule has 1 fully saturated rings. The van der Waals surface area contributed by atoms with Crippen molar-refractivity contribution in [3.63, 3.8) is 0 Å². The van der Waals surface area contributed by atoms with E-state index in [-0.39, 0.29) is 5.91 Å². The lowest BCUT2D eigenvalue weighted by atomic mass is 10.2. The van der Waals surface area contributed by atoms with Crippen LogP contribution >= 0.6 is 0 Å². The van der Waals surface area contributed by atoms with Crippen molar-refractivity contribution < 1.29 is 4.79 Å². The van der Waals surface area contributed by atoms with Crippen LogP contribution in [0.25, 0.3) is 0 Å². The van der Waals surface area contributed by atoms with Gasteiger partial charge in [0, 0.05) is 37.8 Å². The van der Waals surface area contributed by atoms with Gasteiger partial charge in [-0.1, -0.05) is 6.07 Å². The Bertz CT molecular complexity index is 378. The van der Waals surface area contributed by atoms with Crippen LogP contribution < -0.4 is 5.32 Å². The Balaban J connectivity index is 2.10. The van der Waals surface area contributed by atoms with E-state index in [9.17, 15) is 4.79 Å². The lowest BCUT2D eigenvalue weighted by Gasteiger charge is -2.17. The second kappa shape index (κ2) is 4.96. The van der Waals surface area contributed by atoms with Crippen molar-refractivity contribution in [2.75, 3.05) is 18.4 Å². The van der Waals surface area contributed by atoms with E-state index in [4.69, 9.17) is 0 Å². The Labute approximate surface area is 95.7 Å². The Morgan fingerprint density at radius 1 is 1.56 bits per heavy atom. The van der Waals surface area contributed by atoms with Gasteiger partial charge in [-0.25, -0.2) is 4.98 Å². The minimum atomic E-state index is 0.256. The van der Waals surface area contributed by atoms with Gasteiger partial charge in [-0.15, -0.1) is 0 Å². The number of anilines is 1. The van der Waals surface area contributed by atoms with Gasteiger partial charge in [-0.3, -0.25) is 4.79 Å². The fraction of sp³-hybridized carbons (Fsp3) is 0.500. The molecular weight excluding hydrogens is 202 g/mol. The first-order valence-electron chi connectivity index (χ1n) is 5.77. The number of likely N-dealkylation sites (tertiary alicyclic amines) is 1. The van der Waals surface area contributed by atoms with Crippen molar-refractivity contribution in [3.05, 3.63) is 23.9 Å². The van der Waals surface area contributed by atoms with E-state index in [2.05, 4.69) is 10.3 Å². The van der Waals surface area contributed by atoms with Crippen LogP contribution in [-0.4, -0.2) is 28.9 Å². The summed E-state index contributed by atoms with van der Waals surface area (Å²) in [5.74, 6) is 1.15. The minimum absolute atomic E-state index is 0.256. The minimum Gasteiger partial charge on any atom is -0.370 e. The number of nitrogens with one attached hydrogen (secondary N) is 1. The van der Waals surface area contributed by atoms with Crippen LogP contribution in [0.5, 0.6) is 0 Å². The quantitative estimate of drug-likeness (QED) is 0.837. The summed E-state index contributed by atoms with van der Waals surface area (Å²) < 4.78 is 0. The molecule has 4 nitrogen and oxygen atoms in total. The number of carbonyl (C=O) groups is 1. The third-order valence-electron chi connectivity index (χ3n) is 2.77. The molecule has 0 aromatic carbocycles. The summed E-state index contributed by atoms with van der Waals surface area (Å²) in [5, 5.41) is 3.22. The van der Waals surface area contributed by atoms with Gasteiger partial charge >= 0.3 is 0 Å². The van der Waals surface area contributed by atoms with E-state index < -0.39 is 0 Å². The lowest BCUT2D eigenvalue weighted by Crippen LogP contribution is -2.24. The predicted molar refractivity (Wildman–Crippen MR) is 63.1 cm³/mol. The van der Waals surface area contributed by atoms with Crippen molar-refractivity contribution in [3.8, 4) is 0 Å². The van der Waals surface area contributed by atoms with Gasteiger partial charge in [0.15, 0.2) is 0 Å². The SMILES string of the molecule is CCNc1ncccc1CN1CCCC1=O. The molecule has 0 bridgehead atoms. The number of aromatic nitrogens is 1. The van der Waals surface area contributed by atoms with Gasteiger partial charge in [0.2, 0.25) is 5.91 Å². The molecule has 16 heavy (non-hydrogen) atoms. The Kier molecular flexibility index (Phi) is 3.39. The van der Waals surface area contributed by atoms with Crippen molar-refractivity contribution in [2.45, 2.75) is 26.3 Å². The van der Waals surface area contributed by atoms with Crippen molar-refractivity contribution >= 4 is 11.7 Å². The summed E-state index contributed by atoms with van der Waals surface area (Å²) in [4.78, 5) is 17.7. The molecular formula is C12H17N3O. The van der Waals surface area contributed by atoms with E-state index in [0.717, 1.165) is 30.9 Å². The van der Waals surface area contributed by atoms with Crippen molar-refractivity contribution in [2.24, 2.45) is 0 Å². The standard InChI is InChI=1S/C12H17N3O/c1-2-13-12-10(5-3-7-14-12)9-15-8-4-6-11(15)16/h3,5,7H,2,4,6,8-9H2,1H3,(H,13,14). The first-order chi connectivity index (χ1) is 7.81. The Morgan fingerprint density at radius 3 is 3.12 bits per heavy atom. The van der Waals surface area contributed by atoms with E-state index in [1.807, 2.05) is 24.0 Å². The van der Waals surface area contributed by atoms with Crippen LogP contribution in [-0.2, 0) is 11.3 Å². The van der Waals surface area contributed by atoms with E-state index in [0.29, 0.717) is 13.0 Å². The normalized spacial score (nSPS) is 15.6. The highest BCUT2D eigenvalue weighted by Crippen LogP contribution is 2.18. The Hall–Kier alpha value is -1.58. The fourth-order valence-electron chi connectivity index (χ4n) is 1.97. The average Bonchev–Trinajstić information content (AvgIpc) is 2.68. The second-order valence-electron chi connectivity index (χ2n) is 3.96. The molecule has 1 aromatic rings. The first kappa shape index (κ1) is 10.9. The van der Waals surface area contributed by atoms with Crippen LogP contribution in [0.3, 0.4) is 0 Å². The van der Waals surface area contributed by atoms with E-state index in [1.54, 1.807) is 6.20 Å². The van der Waals surface area contributed by atoms with Gasteiger partial charge in [0.25, 0.3) is 0 Å². The predicted octanol–water partition coefficient (Wildman–Crippen LogP) is 1.64.